The van der Waals surface area contributed by atoms with Gasteiger partial charge in [-0.3, -0.25) is 0 Å². The van der Waals surface area contributed by atoms with Gasteiger partial charge in [0.15, 0.2) is 9.84 Å². The fraction of sp³-hybridized carbons (Fsp3) is 0.111. The number of hydrogen-bond acceptors (Lipinski definition) is 2. The highest BCUT2D eigenvalue weighted by Crippen LogP contribution is 2.35. The van der Waals surface area contributed by atoms with E-state index in [9.17, 15) is 12.8 Å². The summed E-state index contributed by atoms with van der Waals surface area (Å²) in [5.74, 6) is -0.280. The van der Waals surface area contributed by atoms with E-state index < -0.39 is 9.84 Å². The summed E-state index contributed by atoms with van der Waals surface area (Å²) >= 11 is 0. The molecule has 0 spiro atoms. The second kappa shape index (κ2) is 5.21. The van der Waals surface area contributed by atoms with Gasteiger partial charge in [0, 0.05) is 6.26 Å². The molecule has 3 rings (SSSR count). The third-order valence-corrected chi connectivity index (χ3v) is 4.75. The fourth-order valence-corrected chi connectivity index (χ4v) is 3.12. The minimum atomic E-state index is -3.19. The second-order valence-electron chi connectivity index (χ2n) is 5.34. The van der Waals surface area contributed by atoms with Crippen LogP contribution in [0.4, 0.5) is 4.39 Å². The molecule has 1 aliphatic carbocycles. The number of halogens is 1. The van der Waals surface area contributed by atoms with Crippen LogP contribution in [0.15, 0.2) is 52.9 Å². The highest BCUT2D eigenvalue weighted by molar-refractivity contribution is 7.90. The Morgan fingerprint density at radius 1 is 1.09 bits per heavy atom. The van der Waals surface area contributed by atoms with Crippen molar-refractivity contribution in [3.63, 3.8) is 0 Å². The van der Waals surface area contributed by atoms with Crippen LogP contribution in [0, 0.1) is 11.9 Å². The molecule has 22 heavy (non-hydrogen) atoms. The Bertz CT molecular complexity index is 905. The first-order valence-corrected chi connectivity index (χ1v) is 8.66. The van der Waals surface area contributed by atoms with Gasteiger partial charge in [-0.15, -0.1) is 0 Å². The molecule has 2 nitrogen and oxygen atoms in total. The van der Waals surface area contributed by atoms with Crippen LogP contribution in [0.1, 0.15) is 23.6 Å². The van der Waals surface area contributed by atoms with Gasteiger partial charge < -0.3 is 0 Å². The zero-order valence-electron chi connectivity index (χ0n) is 12.2. The standard InChI is InChI=1S/C18H14FO2S/c1-12-9-14-11-15(19)5-8-17(14)18(12)10-13-3-6-16(7-4-13)22(2,20)21/h3-8,10-11H,1-2H3/b18-10+. The fourth-order valence-electron chi connectivity index (χ4n) is 2.49. The van der Waals surface area contributed by atoms with Crippen LogP contribution >= 0.6 is 0 Å². The van der Waals surface area contributed by atoms with Gasteiger partial charge >= 0.3 is 0 Å². The van der Waals surface area contributed by atoms with Gasteiger partial charge in [0.1, 0.15) is 5.82 Å². The van der Waals surface area contributed by atoms with Crippen LogP contribution in [0.5, 0.6) is 0 Å². The topological polar surface area (TPSA) is 34.1 Å². The Morgan fingerprint density at radius 2 is 1.77 bits per heavy atom. The lowest BCUT2D eigenvalue weighted by Gasteiger charge is -2.05. The molecule has 0 saturated heterocycles. The van der Waals surface area contributed by atoms with Crippen molar-refractivity contribution in [1.29, 1.82) is 0 Å². The van der Waals surface area contributed by atoms with Gasteiger partial charge in [-0.25, -0.2) is 12.8 Å². The predicted octanol–water partition coefficient (Wildman–Crippen LogP) is 3.88. The molecule has 0 unspecified atom stereocenters. The summed E-state index contributed by atoms with van der Waals surface area (Å²) in [5.41, 5.74) is 4.48. The number of sulfone groups is 1. The summed E-state index contributed by atoms with van der Waals surface area (Å²) in [6, 6.07) is 11.3. The molecule has 0 saturated carbocycles. The Kier molecular flexibility index (Phi) is 3.49. The Labute approximate surface area is 129 Å². The van der Waals surface area contributed by atoms with Gasteiger partial charge in [-0.1, -0.05) is 18.2 Å². The predicted molar refractivity (Wildman–Crippen MR) is 85.4 cm³/mol. The van der Waals surface area contributed by atoms with Crippen molar-refractivity contribution < 1.29 is 12.8 Å². The lowest BCUT2D eigenvalue weighted by atomic mass is 10.0. The summed E-state index contributed by atoms with van der Waals surface area (Å²) in [6.07, 6.45) is 6.30. The minimum Gasteiger partial charge on any atom is -0.224 e. The molecule has 0 aromatic heterocycles. The third-order valence-electron chi connectivity index (χ3n) is 3.62. The van der Waals surface area contributed by atoms with Gasteiger partial charge in [0.05, 0.1) is 4.90 Å². The smallest absolute Gasteiger partial charge is 0.175 e. The molecule has 1 aliphatic rings. The normalized spacial score (nSPS) is 15.8. The van der Waals surface area contributed by atoms with Crippen LogP contribution in [0.25, 0.3) is 11.6 Å². The Morgan fingerprint density at radius 3 is 2.41 bits per heavy atom. The number of rotatable bonds is 2. The Hall–Kier alpha value is -2.20. The van der Waals surface area contributed by atoms with Crippen molar-refractivity contribution in [2.75, 3.05) is 6.26 Å². The molecule has 2 aromatic carbocycles. The molecule has 4 heteroatoms. The van der Waals surface area contributed by atoms with E-state index in [1.165, 1.54) is 18.4 Å². The molecule has 1 radical (unpaired) electrons. The lowest BCUT2D eigenvalue weighted by Crippen LogP contribution is -1.96. The summed E-state index contributed by atoms with van der Waals surface area (Å²) in [7, 11) is -3.19. The maximum absolute atomic E-state index is 13.3. The monoisotopic (exact) mass is 313 g/mol. The van der Waals surface area contributed by atoms with Crippen LogP contribution in [-0.4, -0.2) is 14.7 Å². The molecular formula is C18H14FO2S. The van der Waals surface area contributed by atoms with E-state index in [1.807, 2.05) is 13.0 Å². The van der Waals surface area contributed by atoms with E-state index in [0.29, 0.717) is 4.90 Å². The zero-order chi connectivity index (χ0) is 15.9. The molecule has 0 bridgehead atoms. The van der Waals surface area contributed by atoms with Crippen molar-refractivity contribution in [3.8, 4) is 0 Å². The second-order valence-corrected chi connectivity index (χ2v) is 7.35. The summed E-state index contributed by atoms with van der Waals surface area (Å²) < 4.78 is 36.2. The van der Waals surface area contributed by atoms with E-state index in [1.54, 1.807) is 30.3 Å². The molecule has 0 amide bonds. The summed E-state index contributed by atoms with van der Waals surface area (Å²) in [5, 5.41) is 0. The van der Waals surface area contributed by atoms with Gasteiger partial charge in [-0.2, -0.15) is 0 Å². The number of fused-ring (bicyclic) bond motifs is 1. The van der Waals surface area contributed by atoms with Crippen molar-refractivity contribution in [3.05, 3.63) is 76.6 Å². The van der Waals surface area contributed by atoms with E-state index in [-0.39, 0.29) is 5.82 Å². The van der Waals surface area contributed by atoms with Crippen LogP contribution in [0.2, 0.25) is 0 Å². The highest BCUT2D eigenvalue weighted by atomic mass is 32.2. The number of benzene rings is 2. The average molecular weight is 313 g/mol. The van der Waals surface area contributed by atoms with Crippen LogP contribution in [-0.2, 0) is 9.84 Å². The first kappa shape index (κ1) is 14.7. The molecule has 2 aromatic rings. The van der Waals surface area contributed by atoms with Gasteiger partial charge in [0.25, 0.3) is 0 Å². The van der Waals surface area contributed by atoms with Crippen molar-refractivity contribution in [1.82, 2.24) is 0 Å². The maximum Gasteiger partial charge on any atom is 0.175 e. The van der Waals surface area contributed by atoms with Crippen molar-refractivity contribution >= 4 is 21.5 Å². The van der Waals surface area contributed by atoms with Crippen molar-refractivity contribution in [2.24, 2.45) is 0 Å². The molecule has 0 N–H and O–H groups in total. The minimum absolute atomic E-state index is 0.280. The highest BCUT2D eigenvalue weighted by Gasteiger charge is 2.17. The number of allylic oxidation sites excluding steroid dienone is 2. The maximum atomic E-state index is 13.3. The third kappa shape index (κ3) is 2.74. The van der Waals surface area contributed by atoms with E-state index in [2.05, 4.69) is 6.08 Å². The molecule has 111 valence electrons. The molecule has 0 fully saturated rings. The SMILES string of the molecule is CC1=[C]c2cc(F)ccc2/C1=C/c1ccc(S(C)(=O)=O)cc1. The average Bonchev–Trinajstić information content (AvgIpc) is 2.74. The largest absolute Gasteiger partial charge is 0.224 e. The van der Waals surface area contributed by atoms with E-state index >= 15 is 0 Å². The van der Waals surface area contributed by atoms with Crippen LogP contribution in [0.3, 0.4) is 0 Å². The number of hydrogen-bond donors (Lipinski definition) is 0. The Balaban J connectivity index is 2.02. The summed E-state index contributed by atoms with van der Waals surface area (Å²) in [4.78, 5) is 0.294. The van der Waals surface area contributed by atoms with Gasteiger partial charge in [-0.05, 0) is 71.2 Å². The first-order chi connectivity index (χ1) is 10.3. The molecule has 0 atom stereocenters. The van der Waals surface area contributed by atoms with E-state index in [4.69, 9.17) is 0 Å². The first-order valence-electron chi connectivity index (χ1n) is 6.77. The quantitative estimate of drug-likeness (QED) is 0.843. The lowest BCUT2D eigenvalue weighted by molar-refractivity contribution is 0.602. The van der Waals surface area contributed by atoms with Gasteiger partial charge in [0.2, 0.25) is 0 Å². The zero-order valence-corrected chi connectivity index (χ0v) is 13.0. The molecule has 0 aliphatic heterocycles. The van der Waals surface area contributed by atoms with Crippen LogP contribution < -0.4 is 0 Å². The summed E-state index contributed by atoms with van der Waals surface area (Å²) in [6.45, 7) is 1.93. The van der Waals surface area contributed by atoms with Crippen molar-refractivity contribution in [2.45, 2.75) is 11.8 Å². The molecule has 0 heterocycles. The molecular weight excluding hydrogens is 299 g/mol. The van der Waals surface area contributed by atoms with E-state index in [0.717, 1.165) is 27.8 Å².